The summed E-state index contributed by atoms with van der Waals surface area (Å²) in [5.41, 5.74) is 1.20. The van der Waals surface area contributed by atoms with Crippen LogP contribution >= 0.6 is 11.3 Å². The molecule has 0 unspecified atom stereocenters. The highest BCUT2D eigenvalue weighted by Gasteiger charge is 2.07. The Kier molecular flexibility index (Phi) is 3.31. The van der Waals surface area contributed by atoms with Crippen molar-refractivity contribution in [3.63, 3.8) is 0 Å². The van der Waals surface area contributed by atoms with Crippen LogP contribution in [0.1, 0.15) is 15.7 Å². The SMILES string of the molecule is Cc1nnc(CN(C)Cc2ccnn2C)s1. The summed E-state index contributed by atoms with van der Waals surface area (Å²) in [5, 5.41) is 14.3. The summed E-state index contributed by atoms with van der Waals surface area (Å²) >= 11 is 1.65. The molecule has 0 aromatic carbocycles. The minimum atomic E-state index is 0.830. The van der Waals surface area contributed by atoms with E-state index in [0.717, 1.165) is 23.1 Å². The highest BCUT2D eigenvalue weighted by Crippen LogP contribution is 2.11. The molecule has 0 N–H and O–H groups in total. The average Bonchev–Trinajstić information content (AvgIpc) is 2.77. The third-order valence-corrected chi connectivity index (χ3v) is 3.15. The molecule has 16 heavy (non-hydrogen) atoms. The van der Waals surface area contributed by atoms with Crippen LogP contribution in [0.3, 0.4) is 0 Å². The zero-order valence-corrected chi connectivity index (χ0v) is 10.5. The highest BCUT2D eigenvalue weighted by atomic mass is 32.1. The first-order valence-corrected chi connectivity index (χ1v) is 5.91. The molecule has 0 spiro atoms. The second-order valence-electron chi connectivity index (χ2n) is 3.83. The van der Waals surface area contributed by atoms with Crippen molar-refractivity contribution in [2.24, 2.45) is 7.05 Å². The summed E-state index contributed by atoms with van der Waals surface area (Å²) in [6, 6.07) is 2.03. The van der Waals surface area contributed by atoms with Gasteiger partial charge in [-0.1, -0.05) is 0 Å². The molecule has 6 heteroatoms. The van der Waals surface area contributed by atoms with Crippen molar-refractivity contribution in [2.45, 2.75) is 20.0 Å². The Hall–Kier alpha value is -1.27. The van der Waals surface area contributed by atoms with Crippen LogP contribution in [-0.2, 0) is 20.1 Å². The Bertz CT molecular complexity index is 461. The average molecular weight is 237 g/mol. The number of nitrogens with zero attached hydrogens (tertiary/aromatic N) is 5. The third kappa shape index (κ3) is 2.65. The van der Waals surface area contributed by atoms with Crippen LogP contribution in [0.15, 0.2) is 12.3 Å². The van der Waals surface area contributed by atoms with Crippen LogP contribution in [0.2, 0.25) is 0 Å². The predicted octanol–water partition coefficient (Wildman–Crippen LogP) is 1.21. The first-order chi connectivity index (χ1) is 7.65. The Morgan fingerprint density at radius 2 is 2.19 bits per heavy atom. The summed E-state index contributed by atoms with van der Waals surface area (Å²) < 4.78 is 1.89. The van der Waals surface area contributed by atoms with Gasteiger partial charge in [0.2, 0.25) is 0 Å². The minimum Gasteiger partial charge on any atom is -0.294 e. The first-order valence-electron chi connectivity index (χ1n) is 5.09. The molecule has 0 fully saturated rings. The molecule has 0 amide bonds. The maximum Gasteiger partial charge on any atom is 0.131 e. The van der Waals surface area contributed by atoms with Crippen molar-refractivity contribution in [1.82, 2.24) is 24.9 Å². The molecule has 0 saturated carbocycles. The second-order valence-corrected chi connectivity index (χ2v) is 5.10. The zero-order valence-electron chi connectivity index (χ0n) is 9.71. The molecular weight excluding hydrogens is 222 g/mol. The van der Waals surface area contributed by atoms with Gasteiger partial charge in [-0.2, -0.15) is 5.10 Å². The second kappa shape index (κ2) is 4.71. The Balaban J connectivity index is 1.94. The fourth-order valence-electron chi connectivity index (χ4n) is 1.52. The third-order valence-electron chi connectivity index (χ3n) is 2.33. The summed E-state index contributed by atoms with van der Waals surface area (Å²) in [6.07, 6.45) is 1.82. The van der Waals surface area contributed by atoms with E-state index >= 15 is 0 Å². The molecule has 2 aromatic rings. The molecule has 0 radical (unpaired) electrons. The van der Waals surface area contributed by atoms with Gasteiger partial charge in [0.1, 0.15) is 10.0 Å². The molecule has 2 aromatic heterocycles. The van der Waals surface area contributed by atoms with E-state index in [0.29, 0.717) is 0 Å². The van der Waals surface area contributed by atoms with E-state index in [4.69, 9.17) is 0 Å². The van der Waals surface area contributed by atoms with E-state index in [9.17, 15) is 0 Å². The molecule has 86 valence electrons. The Labute approximate surface area is 98.7 Å². The minimum absolute atomic E-state index is 0.830. The van der Waals surface area contributed by atoms with Gasteiger partial charge in [0.05, 0.1) is 12.2 Å². The van der Waals surface area contributed by atoms with Crippen molar-refractivity contribution >= 4 is 11.3 Å². The fraction of sp³-hybridized carbons (Fsp3) is 0.500. The largest absolute Gasteiger partial charge is 0.294 e. The first kappa shape index (κ1) is 11.2. The van der Waals surface area contributed by atoms with Crippen LogP contribution in [0.4, 0.5) is 0 Å². The Morgan fingerprint density at radius 1 is 1.38 bits per heavy atom. The number of hydrogen-bond acceptors (Lipinski definition) is 5. The molecule has 0 atom stereocenters. The normalized spacial score (nSPS) is 11.2. The summed E-state index contributed by atoms with van der Waals surface area (Å²) in [4.78, 5) is 2.21. The van der Waals surface area contributed by atoms with Crippen LogP contribution in [0, 0.1) is 6.92 Å². The lowest BCUT2D eigenvalue weighted by Crippen LogP contribution is -2.19. The molecule has 0 aliphatic carbocycles. The van der Waals surface area contributed by atoms with Gasteiger partial charge in [0, 0.05) is 19.8 Å². The van der Waals surface area contributed by atoms with Crippen molar-refractivity contribution in [2.75, 3.05) is 7.05 Å². The maximum absolute atomic E-state index is 4.15. The smallest absolute Gasteiger partial charge is 0.131 e. The van der Waals surface area contributed by atoms with Crippen LogP contribution < -0.4 is 0 Å². The molecule has 0 aliphatic rings. The monoisotopic (exact) mass is 237 g/mol. The quantitative estimate of drug-likeness (QED) is 0.802. The fourth-order valence-corrected chi connectivity index (χ4v) is 2.31. The maximum atomic E-state index is 4.15. The molecule has 0 aliphatic heterocycles. The van der Waals surface area contributed by atoms with Gasteiger partial charge in [-0.05, 0) is 20.0 Å². The number of aryl methyl sites for hydroxylation is 2. The zero-order chi connectivity index (χ0) is 11.5. The lowest BCUT2D eigenvalue weighted by molar-refractivity contribution is 0.308. The van der Waals surface area contributed by atoms with E-state index in [1.54, 1.807) is 11.3 Å². The molecular formula is C10H15N5S. The van der Waals surface area contributed by atoms with Crippen LogP contribution in [-0.4, -0.2) is 31.9 Å². The van der Waals surface area contributed by atoms with Crippen molar-refractivity contribution in [1.29, 1.82) is 0 Å². The molecule has 0 bridgehead atoms. The van der Waals surface area contributed by atoms with Gasteiger partial charge in [-0.25, -0.2) is 0 Å². The molecule has 2 rings (SSSR count). The van der Waals surface area contributed by atoms with Crippen molar-refractivity contribution < 1.29 is 0 Å². The van der Waals surface area contributed by atoms with Gasteiger partial charge < -0.3 is 0 Å². The lowest BCUT2D eigenvalue weighted by Gasteiger charge is -2.14. The molecule has 5 nitrogen and oxygen atoms in total. The number of hydrogen-bond donors (Lipinski definition) is 0. The van der Waals surface area contributed by atoms with Crippen molar-refractivity contribution in [3.8, 4) is 0 Å². The molecule has 0 saturated heterocycles. The van der Waals surface area contributed by atoms with Crippen LogP contribution in [0.25, 0.3) is 0 Å². The summed E-state index contributed by atoms with van der Waals surface area (Å²) in [5.74, 6) is 0. The number of aromatic nitrogens is 4. The van der Waals surface area contributed by atoms with Crippen molar-refractivity contribution in [3.05, 3.63) is 28.0 Å². The van der Waals surface area contributed by atoms with E-state index in [1.807, 2.05) is 30.9 Å². The van der Waals surface area contributed by atoms with Gasteiger partial charge in [-0.3, -0.25) is 9.58 Å². The predicted molar refractivity (Wildman–Crippen MR) is 63.0 cm³/mol. The van der Waals surface area contributed by atoms with Gasteiger partial charge >= 0.3 is 0 Å². The summed E-state index contributed by atoms with van der Waals surface area (Å²) in [6.45, 7) is 3.67. The van der Waals surface area contributed by atoms with E-state index < -0.39 is 0 Å². The lowest BCUT2D eigenvalue weighted by atomic mass is 10.4. The Morgan fingerprint density at radius 3 is 2.75 bits per heavy atom. The van der Waals surface area contributed by atoms with E-state index in [1.165, 1.54) is 5.69 Å². The topological polar surface area (TPSA) is 46.8 Å². The molecule has 2 heterocycles. The number of rotatable bonds is 4. The standard InChI is InChI=1S/C10H15N5S/c1-8-12-13-10(16-8)7-14(2)6-9-4-5-11-15(9)3/h4-5H,6-7H2,1-3H3. The van der Waals surface area contributed by atoms with E-state index in [-0.39, 0.29) is 0 Å². The summed E-state index contributed by atoms with van der Waals surface area (Å²) in [7, 11) is 4.03. The van der Waals surface area contributed by atoms with Gasteiger partial charge in [0.15, 0.2) is 0 Å². The van der Waals surface area contributed by atoms with Crippen LogP contribution in [0.5, 0.6) is 0 Å². The van der Waals surface area contributed by atoms with E-state index in [2.05, 4.69) is 27.2 Å². The highest BCUT2D eigenvalue weighted by molar-refractivity contribution is 7.11. The van der Waals surface area contributed by atoms with Gasteiger partial charge in [0.25, 0.3) is 0 Å². The van der Waals surface area contributed by atoms with Gasteiger partial charge in [-0.15, -0.1) is 21.5 Å².